The lowest BCUT2D eigenvalue weighted by Gasteiger charge is -2.18. The lowest BCUT2D eigenvalue weighted by molar-refractivity contribution is -0.128. The summed E-state index contributed by atoms with van der Waals surface area (Å²) in [5, 5.41) is 2.86. The minimum atomic E-state index is -0.462. The molecule has 1 saturated heterocycles. The zero-order valence-electron chi connectivity index (χ0n) is 18.2. The van der Waals surface area contributed by atoms with Gasteiger partial charge in [0.25, 0.3) is 0 Å². The molecule has 8 heteroatoms. The van der Waals surface area contributed by atoms with E-state index >= 15 is 0 Å². The maximum Gasteiger partial charge on any atom is 0.229 e. The van der Waals surface area contributed by atoms with Gasteiger partial charge >= 0.3 is 0 Å². The monoisotopic (exact) mass is 425 g/mol. The van der Waals surface area contributed by atoms with E-state index in [1.165, 1.54) is 12.0 Å². The average molecular weight is 425 g/mol. The number of amides is 3. The van der Waals surface area contributed by atoms with Gasteiger partial charge in [0, 0.05) is 44.5 Å². The molecule has 31 heavy (non-hydrogen) atoms. The molecular weight excluding hydrogens is 398 g/mol. The Bertz CT molecular complexity index is 972. The fraction of sp³-hybridized carbons (Fsp3) is 0.348. The number of hydrogen-bond donors (Lipinski definition) is 1. The fourth-order valence-electron chi connectivity index (χ4n) is 3.41. The van der Waals surface area contributed by atoms with Crippen molar-refractivity contribution in [3.8, 4) is 11.5 Å². The molecule has 0 spiro atoms. The normalized spacial score (nSPS) is 15.5. The fourth-order valence-corrected chi connectivity index (χ4v) is 3.41. The highest BCUT2D eigenvalue weighted by atomic mass is 16.5. The third-order valence-corrected chi connectivity index (χ3v) is 5.25. The summed E-state index contributed by atoms with van der Waals surface area (Å²) in [5.74, 6) is 0.307. The molecule has 0 aliphatic carbocycles. The summed E-state index contributed by atoms with van der Waals surface area (Å²) in [7, 11) is 6.51. The molecular formula is C23H27N3O5. The molecule has 1 aliphatic heterocycles. The second-order valence-electron chi connectivity index (χ2n) is 7.60. The third-order valence-electron chi connectivity index (χ3n) is 5.25. The second kappa shape index (κ2) is 9.51. The number of carbonyl (C=O) groups excluding carboxylic acids is 3. The van der Waals surface area contributed by atoms with Crippen LogP contribution < -0.4 is 19.7 Å². The maximum atomic E-state index is 12.7. The molecule has 0 saturated carbocycles. The predicted octanol–water partition coefficient (Wildman–Crippen LogP) is 2.33. The summed E-state index contributed by atoms with van der Waals surface area (Å²) < 4.78 is 10.5. The molecule has 8 nitrogen and oxygen atoms in total. The van der Waals surface area contributed by atoms with Crippen LogP contribution in [0.25, 0.3) is 0 Å². The number of nitrogens with zero attached hydrogens (tertiary/aromatic N) is 2. The van der Waals surface area contributed by atoms with Crippen LogP contribution in [-0.4, -0.2) is 57.5 Å². The summed E-state index contributed by atoms with van der Waals surface area (Å²) in [6, 6.07) is 12.4. The summed E-state index contributed by atoms with van der Waals surface area (Å²) in [6.45, 7) is 0.287. The van der Waals surface area contributed by atoms with Crippen molar-refractivity contribution in [2.75, 3.05) is 45.1 Å². The van der Waals surface area contributed by atoms with Gasteiger partial charge in [-0.3, -0.25) is 14.4 Å². The Morgan fingerprint density at radius 2 is 1.74 bits per heavy atom. The number of hydrogen-bond acceptors (Lipinski definition) is 5. The molecule has 0 radical (unpaired) electrons. The number of benzene rings is 2. The van der Waals surface area contributed by atoms with Crippen molar-refractivity contribution in [3.63, 3.8) is 0 Å². The standard InChI is InChI=1S/C23H27N3O5/c1-25(2)21(27)11-15-5-7-17(8-6-15)24-23(29)16-12-22(28)26(14-16)18-9-10-19(30-3)20(13-18)31-4/h5-10,13,16H,11-12,14H2,1-4H3,(H,24,29). The Morgan fingerprint density at radius 1 is 1.06 bits per heavy atom. The zero-order valence-corrected chi connectivity index (χ0v) is 18.2. The average Bonchev–Trinajstić information content (AvgIpc) is 3.16. The van der Waals surface area contributed by atoms with Gasteiger partial charge in [0.1, 0.15) is 0 Å². The van der Waals surface area contributed by atoms with Crippen molar-refractivity contribution in [2.45, 2.75) is 12.8 Å². The van der Waals surface area contributed by atoms with Crippen LogP contribution in [0.4, 0.5) is 11.4 Å². The van der Waals surface area contributed by atoms with Crippen molar-refractivity contribution in [3.05, 3.63) is 48.0 Å². The van der Waals surface area contributed by atoms with E-state index in [2.05, 4.69) is 5.32 Å². The predicted molar refractivity (Wildman–Crippen MR) is 117 cm³/mol. The highest BCUT2D eigenvalue weighted by Crippen LogP contribution is 2.34. The van der Waals surface area contributed by atoms with Gasteiger partial charge in [-0.25, -0.2) is 0 Å². The Hall–Kier alpha value is -3.55. The van der Waals surface area contributed by atoms with Crippen LogP contribution in [0.5, 0.6) is 11.5 Å². The lowest BCUT2D eigenvalue weighted by Crippen LogP contribution is -2.28. The minimum Gasteiger partial charge on any atom is -0.493 e. The number of ether oxygens (including phenoxy) is 2. The van der Waals surface area contributed by atoms with Crippen LogP contribution in [-0.2, 0) is 20.8 Å². The molecule has 164 valence electrons. The van der Waals surface area contributed by atoms with Gasteiger partial charge in [0.15, 0.2) is 11.5 Å². The van der Waals surface area contributed by atoms with E-state index in [0.29, 0.717) is 29.3 Å². The van der Waals surface area contributed by atoms with Gasteiger partial charge in [0.05, 0.1) is 26.6 Å². The van der Waals surface area contributed by atoms with E-state index in [9.17, 15) is 14.4 Å². The van der Waals surface area contributed by atoms with E-state index in [4.69, 9.17) is 9.47 Å². The first-order valence-electron chi connectivity index (χ1n) is 9.94. The highest BCUT2D eigenvalue weighted by Gasteiger charge is 2.35. The molecule has 2 aromatic carbocycles. The van der Waals surface area contributed by atoms with E-state index in [1.807, 2.05) is 12.1 Å². The van der Waals surface area contributed by atoms with Crippen LogP contribution in [0.1, 0.15) is 12.0 Å². The van der Waals surface area contributed by atoms with E-state index in [0.717, 1.165) is 5.56 Å². The van der Waals surface area contributed by atoms with Crippen molar-refractivity contribution in [1.82, 2.24) is 4.90 Å². The number of nitrogens with one attached hydrogen (secondary N) is 1. The molecule has 0 bridgehead atoms. The molecule has 3 amide bonds. The van der Waals surface area contributed by atoms with Crippen LogP contribution in [0, 0.1) is 5.92 Å². The van der Waals surface area contributed by atoms with Crippen molar-refractivity contribution >= 4 is 29.1 Å². The quantitative estimate of drug-likeness (QED) is 0.736. The van der Waals surface area contributed by atoms with Crippen molar-refractivity contribution in [2.24, 2.45) is 5.92 Å². The molecule has 0 aromatic heterocycles. The third kappa shape index (κ3) is 5.14. The Morgan fingerprint density at radius 3 is 2.35 bits per heavy atom. The highest BCUT2D eigenvalue weighted by molar-refractivity contribution is 6.03. The second-order valence-corrected chi connectivity index (χ2v) is 7.60. The molecule has 3 rings (SSSR count). The maximum absolute atomic E-state index is 12.7. The smallest absolute Gasteiger partial charge is 0.229 e. The molecule has 1 N–H and O–H groups in total. The summed E-state index contributed by atoms with van der Waals surface area (Å²) in [5.41, 5.74) is 2.16. The molecule has 1 aliphatic rings. The number of methoxy groups -OCH3 is 2. The SMILES string of the molecule is COc1ccc(N2CC(C(=O)Nc3ccc(CC(=O)N(C)C)cc3)CC2=O)cc1OC. The Kier molecular flexibility index (Phi) is 6.79. The molecule has 1 atom stereocenters. The number of likely N-dealkylation sites (N-methyl/N-ethyl adjacent to an activating group) is 1. The molecule has 1 unspecified atom stereocenters. The van der Waals surface area contributed by atoms with E-state index in [1.54, 1.807) is 56.4 Å². The van der Waals surface area contributed by atoms with Crippen LogP contribution >= 0.6 is 0 Å². The van der Waals surface area contributed by atoms with Crippen molar-refractivity contribution in [1.29, 1.82) is 0 Å². The largest absolute Gasteiger partial charge is 0.493 e. The number of anilines is 2. The van der Waals surface area contributed by atoms with Gasteiger partial charge in [-0.15, -0.1) is 0 Å². The number of rotatable bonds is 7. The summed E-state index contributed by atoms with van der Waals surface area (Å²) in [4.78, 5) is 40.2. The van der Waals surface area contributed by atoms with Gasteiger partial charge in [-0.05, 0) is 29.8 Å². The Balaban J connectivity index is 1.63. The molecule has 1 fully saturated rings. The van der Waals surface area contributed by atoms with Gasteiger partial charge in [-0.1, -0.05) is 12.1 Å². The summed E-state index contributed by atoms with van der Waals surface area (Å²) >= 11 is 0. The Labute approximate surface area is 181 Å². The zero-order chi connectivity index (χ0) is 22.5. The first-order chi connectivity index (χ1) is 14.8. The summed E-state index contributed by atoms with van der Waals surface area (Å²) in [6.07, 6.45) is 0.439. The first-order valence-corrected chi connectivity index (χ1v) is 9.94. The van der Waals surface area contributed by atoms with Crippen LogP contribution in [0.15, 0.2) is 42.5 Å². The lowest BCUT2D eigenvalue weighted by atomic mass is 10.1. The number of carbonyl (C=O) groups is 3. The van der Waals surface area contributed by atoms with Gasteiger partial charge < -0.3 is 24.6 Å². The van der Waals surface area contributed by atoms with Crippen molar-refractivity contribution < 1.29 is 23.9 Å². The topological polar surface area (TPSA) is 88.2 Å². The van der Waals surface area contributed by atoms with Gasteiger partial charge in [-0.2, -0.15) is 0 Å². The first kappa shape index (κ1) is 22.1. The van der Waals surface area contributed by atoms with Gasteiger partial charge in [0.2, 0.25) is 17.7 Å². The van der Waals surface area contributed by atoms with E-state index in [-0.39, 0.29) is 30.7 Å². The van der Waals surface area contributed by atoms with Crippen LogP contribution in [0.2, 0.25) is 0 Å². The van der Waals surface area contributed by atoms with E-state index < -0.39 is 5.92 Å². The minimum absolute atomic E-state index is 0.0107. The molecule has 1 heterocycles. The molecule has 2 aromatic rings. The van der Waals surface area contributed by atoms with Crippen LogP contribution in [0.3, 0.4) is 0 Å².